The lowest BCUT2D eigenvalue weighted by molar-refractivity contribution is -0.144. The van der Waals surface area contributed by atoms with Gasteiger partial charge in [0, 0.05) is 5.69 Å². The number of nitrogens with one attached hydrogen (secondary N) is 1. The Balaban J connectivity index is 2.14. The van der Waals surface area contributed by atoms with Crippen LogP contribution in [0.5, 0.6) is 5.75 Å². The number of aliphatic carboxylic acids is 1. The Morgan fingerprint density at radius 2 is 1.53 bits per heavy atom. The minimum Gasteiger partial charge on any atom is -0.482 e. The van der Waals surface area contributed by atoms with Crippen LogP contribution in [0.15, 0.2) is 39.9 Å². The number of fused-ring (bicyclic) bond motifs is 1. The van der Waals surface area contributed by atoms with Crippen molar-refractivity contribution in [1.82, 2.24) is 14.1 Å². The zero-order chi connectivity index (χ0) is 23.8. The number of rotatable bonds is 6. The molecule has 3 rings (SSSR count). The number of aromatic nitrogens is 3. The summed E-state index contributed by atoms with van der Waals surface area (Å²) in [7, 11) is 0. The standard InChI is InChI=1S/C18H13F6N3O5/c19-17(20,21)7-26-12-5-11(9-1-3-10(4-2-9)32-6-13(28)29)25-14(12)15(30)27(16(26)31)8-18(22,23)24/h1-5,25H,6-8H2,(H,28,29). The van der Waals surface area contributed by atoms with Crippen molar-refractivity contribution < 1.29 is 41.0 Å². The van der Waals surface area contributed by atoms with E-state index >= 15 is 0 Å². The van der Waals surface area contributed by atoms with Gasteiger partial charge in [0.15, 0.2) is 6.61 Å². The van der Waals surface area contributed by atoms with Crippen molar-refractivity contribution in [1.29, 1.82) is 0 Å². The SMILES string of the molecule is O=C(O)COc1ccc(-c2cc3c([nH]2)c(=O)n(CC(F)(F)F)c(=O)n3CC(F)(F)F)cc1. The molecule has 0 unspecified atom stereocenters. The first kappa shape index (κ1) is 23.0. The van der Waals surface area contributed by atoms with Gasteiger partial charge in [-0.1, -0.05) is 0 Å². The molecular formula is C18H13F6N3O5. The molecule has 32 heavy (non-hydrogen) atoms. The second kappa shape index (κ2) is 8.09. The molecule has 1 aromatic carbocycles. The van der Waals surface area contributed by atoms with Crippen LogP contribution in [0, 0.1) is 0 Å². The van der Waals surface area contributed by atoms with Crippen molar-refractivity contribution in [3.63, 3.8) is 0 Å². The number of carbonyl (C=O) groups is 1. The summed E-state index contributed by atoms with van der Waals surface area (Å²) in [4.78, 5) is 37.8. The molecular weight excluding hydrogens is 452 g/mol. The molecule has 0 aliphatic carbocycles. The van der Waals surface area contributed by atoms with E-state index in [1.807, 2.05) is 0 Å². The van der Waals surface area contributed by atoms with Gasteiger partial charge in [0.2, 0.25) is 0 Å². The van der Waals surface area contributed by atoms with Crippen LogP contribution in [0.4, 0.5) is 26.3 Å². The number of ether oxygens (including phenoxy) is 1. The van der Waals surface area contributed by atoms with Gasteiger partial charge >= 0.3 is 24.0 Å². The van der Waals surface area contributed by atoms with Gasteiger partial charge in [-0.05, 0) is 35.9 Å². The van der Waals surface area contributed by atoms with Gasteiger partial charge in [0.1, 0.15) is 24.4 Å². The van der Waals surface area contributed by atoms with Crippen LogP contribution < -0.4 is 16.0 Å². The van der Waals surface area contributed by atoms with Gasteiger partial charge in [-0.3, -0.25) is 9.36 Å². The largest absolute Gasteiger partial charge is 0.482 e. The first-order valence-electron chi connectivity index (χ1n) is 8.70. The van der Waals surface area contributed by atoms with Crippen molar-refractivity contribution in [3.8, 4) is 17.0 Å². The summed E-state index contributed by atoms with van der Waals surface area (Å²) in [5.74, 6) is -1.06. The van der Waals surface area contributed by atoms with Gasteiger partial charge in [-0.25, -0.2) is 14.2 Å². The van der Waals surface area contributed by atoms with Crippen molar-refractivity contribution in [2.75, 3.05) is 6.61 Å². The summed E-state index contributed by atoms with van der Waals surface area (Å²) >= 11 is 0. The molecule has 0 aliphatic rings. The molecule has 2 heterocycles. The number of aromatic amines is 1. The Labute approximate surface area is 173 Å². The molecule has 0 saturated carbocycles. The van der Waals surface area contributed by atoms with E-state index in [9.17, 15) is 40.7 Å². The number of H-pyrrole nitrogens is 1. The number of carboxylic acids is 1. The predicted octanol–water partition coefficient (Wildman–Crippen LogP) is 2.75. The van der Waals surface area contributed by atoms with Crippen LogP contribution in [0.3, 0.4) is 0 Å². The van der Waals surface area contributed by atoms with Gasteiger partial charge in [-0.15, -0.1) is 0 Å². The van der Waals surface area contributed by atoms with Crippen LogP contribution in [0.1, 0.15) is 0 Å². The van der Waals surface area contributed by atoms with E-state index in [4.69, 9.17) is 9.84 Å². The Hall–Kier alpha value is -3.71. The van der Waals surface area contributed by atoms with Crippen LogP contribution >= 0.6 is 0 Å². The lowest BCUT2D eigenvalue weighted by atomic mass is 10.1. The number of benzene rings is 1. The van der Waals surface area contributed by atoms with E-state index in [1.54, 1.807) is 0 Å². The molecule has 0 radical (unpaired) electrons. The van der Waals surface area contributed by atoms with Crippen LogP contribution in [0.2, 0.25) is 0 Å². The number of hydrogen-bond acceptors (Lipinski definition) is 4. The number of halogens is 6. The second-order valence-corrected chi connectivity index (χ2v) is 6.64. The molecule has 2 aromatic heterocycles. The van der Waals surface area contributed by atoms with E-state index in [1.165, 1.54) is 24.3 Å². The highest BCUT2D eigenvalue weighted by atomic mass is 19.4. The van der Waals surface area contributed by atoms with Gasteiger partial charge in [0.25, 0.3) is 5.56 Å². The Kier molecular flexibility index (Phi) is 5.80. The zero-order valence-corrected chi connectivity index (χ0v) is 15.8. The maximum atomic E-state index is 13.0. The Morgan fingerprint density at radius 1 is 0.969 bits per heavy atom. The zero-order valence-electron chi connectivity index (χ0n) is 15.8. The third-order valence-electron chi connectivity index (χ3n) is 4.21. The molecule has 0 spiro atoms. The van der Waals surface area contributed by atoms with Gasteiger partial charge in [-0.2, -0.15) is 26.3 Å². The van der Waals surface area contributed by atoms with E-state index in [0.717, 1.165) is 6.07 Å². The van der Waals surface area contributed by atoms with Crippen molar-refractivity contribution >= 4 is 17.0 Å². The molecule has 172 valence electrons. The smallest absolute Gasteiger partial charge is 0.406 e. The first-order valence-corrected chi connectivity index (χ1v) is 8.70. The summed E-state index contributed by atoms with van der Waals surface area (Å²) in [6, 6.07) is 6.47. The number of alkyl halides is 6. The maximum absolute atomic E-state index is 13.0. The number of hydrogen-bond donors (Lipinski definition) is 2. The van der Waals surface area contributed by atoms with Crippen molar-refractivity contribution in [2.45, 2.75) is 25.4 Å². The van der Waals surface area contributed by atoms with Crippen LogP contribution in [-0.2, 0) is 17.9 Å². The molecule has 0 aliphatic heterocycles. The van der Waals surface area contributed by atoms with E-state index in [0.29, 0.717) is 0 Å². The van der Waals surface area contributed by atoms with Crippen molar-refractivity contribution in [3.05, 3.63) is 51.2 Å². The Morgan fingerprint density at radius 3 is 2.06 bits per heavy atom. The molecule has 14 heteroatoms. The van der Waals surface area contributed by atoms with Crippen LogP contribution in [0.25, 0.3) is 22.3 Å². The molecule has 2 N–H and O–H groups in total. The maximum Gasteiger partial charge on any atom is 0.406 e. The summed E-state index contributed by atoms with van der Waals surface area (Å²) in [5.41, 5.74) is -3.97. The Bertz CT molecular complexity index is 1270. The average Bonchev–Trinajstić information content (AvgIpc) is 3.11. The topological polar surface area (TPSA) is 106 Å². The van der Waals surface area contributed by atoms with E-state index in [-0.39, 0.29) is 26.1 Å². The van der Waals surface area contributed by atoms with Crippen molar-refractivity contribution in [2.24, 2.45) is 0 Å². The molecule has 8 nitrogen and oxygen atoms in total. The van der Waals surface area contributed by atoms with Crippen LogP contribution in [-0.4, -0.2) is 44.2 Å². The molecule has 0 fully saturated rings. The summed E-state index contributed by atoms with van der Waals surface area (Å²) in [6.45, 7) is -4.57. The monoisotopic (exact) mass is 465 g/mol. The average molecular weight is 465 g/mol. The summed E-state index contributed by atoms with van der Waals surface area (Å²) in [5, 5.41) is 8.60. The highest BCUT2D eigenvalue weighted by Crippen LogP contribution is 2.26. The van der Waals surface area contributed by atoms with Gasteiger partial charge < -0.3 is 14.8 Å². The lowest BCUT2D eigenvalue weighted by Crippen LogP contribution is -2.44. The summed E-state index contributed by atoms with van der Waals surface area (Å²) < 4.78 is 82.1. The molecule has 0 atom stereocenters. The molecule has 0 bridgehead atoms. The fourth-order valence-corrected chi connectivity index (χ4v) is 2.97. The first-order chi connectivity index (χ1) is 14.7. The predicted molar refractivity (Wildman–Crippen MR) is 97.5 cm³/mol. The normalized spacial score (nSPS) is 12.3. The number of carboxylic acid groups (broad SMARTS) is 1. The number of nitrogens with zero attached hydrogens (tertiary/aromatic N) is 2. The molecule has 3 aromatic rings. The molecule has 0 saturated heterocycles. The summed E-state index contributed by atoms with van der Waals surface area (Å²) in [6.07, 6.45) is -9.97. The third-order valence-corrected chi connectivity index (χ3v) is 4.21. The third kappa shape index (κ3) is 5.12. The molecule has 0 amide bonds. The lowest BCUT2D eigenvalue weighted by Gasteiger charge is -2.14. The van der Waals surface area contributed by atoms with E-state index < -0.39 is 60.3 Å². The van der Waals surface area contributed by atoms with E-state index in [2.05, 4.69) is 4.98 Å². The minimum absolute atomic E-state index is 0.0435. The fraction of sp³-hybridized carbons (Fsp3) is 0.278. The van der Waals surface area contributed by atoms with Gasteiger partial charge in [0.05, 0.1) is 5.52 Å². The fourth-order valence-electron chi connectivity index (χ4n) is 2.97. The quantitative estimate of drug-likeness (QED) is 0.545. The minimum atomic E-state index is -5.02. The highest BCUT2D eigenvalue weighted by molar-refractivity contribution is 5.82. The highest BCUT2D eigenvalue weighted by Gasteiger charge is 2.34. The second-order valence-electron chi connectivity index (χ2n) is 6.64.